The second kappa shape index (κ2) is 8.83. The van der Waals surface area contributed by atoms with Crippen molar-refractivity contribution in [1.82, 2.24) is 0 Å². The Morgan fingerprint density at radius 3 is 2.45 bits per heavy atom. The van der Waals surface area contributed by atoms with E-state index in [4.69, 9.17) is 9.47 Å². The molecule has 0 aliphatic carbocycles. The molecule has 1 heterocycles. The van der Waals surface area contributed by atoms with Gasteiger partial charge in [-0.2, -0.15) is 11.8 Å². The van der Waals surface area contributed by atoms with E-state index in [2.05, 4.69) is 52.0 Å². The third-order valence-corrected chi connectivity index (χ3v) is 5.70. The van der Waals surface area contributed by atoms with Crippen LogP contribution in [-0.2, 0) is 4.74 Å². The van der Waals surface area contributed by atoms with Gasteiger partial charge in [0.05, 0.1) is 6.61 Å². The fourth-order valence-electron chi connectivity index (χ4n) is 2.59. The van der Waals surface area contributed by atoms with Crippen molar-refractivity contribution in [2.75, 3.05) is 12.4 Å². The van der Waals surface area contributed by atoms with Crippen LogP contribution >= 0.6 is 11.8 Å². The topological polar surface area (TPSA) is 18.5 Å². The summed E-state index contributed by atoms with van der Waals surface area (Å²) in [5, 5.41) is 0.651. The fraction of sp³-hybridized carbons (Fsp3) is 0.684. The molecule has 3 heteroatoms. The molecule has 1 aliphatic rings. The van der Waals surface area contributed by atoms with Crippen LogP contribution in [0.25, 0.3) is 0 Å². The SMILES string of the molecule is CCC(C)c1ccc(OC(OCC2CCCS2)C(C)C)cc1. The Kier molecular flexibility index (Phi) is 7.10. The van der Waals surface area contributed by atoms with Gasteiger partial charge in [-0.25, -0.2) is 0 Å². The summed E-state index contributed by atoms with van der Waals surface area (Å²) in [6.45, 7) is 9.59. The van der Waals surface area contributed by atoms with E-state index in [1.165, 1.54) is 24.2 Å². The monoisotopic (exact) mass is 322 g/mol. The lowest BCUT2D eigenvalue weighted by molar-refractivity contribution is -0.107. The van der Waals surface area contributed by atoms with Crippen LogP contribution in [-0.4, -0.2) is 23.9 Å². The van der Waals surface area contributed by atoms with Gasteiger partial charge in [0.2, 0.25) is 6.29 Å². The number of benzene rings is 1. The molecule has 1 aliphatic heterocycles. The normalized spacial score (nSPS) is 21.0. The summed E-state index contributed by atoms with van der Waals surface area (Å²) in [7, 11) is 0. The lowest BCUT2D eigenvalue weighted by Gasteiger charge is -2.24. The number of hydrogen-bond donors (Lipinski definition) is 0. The molecule has 0 amide bonds. The zero-order valence-corrected chi connectivity index (χ0v) is 15.2. The average molecular weight is 323 g/mol. The zero-order valence-electron chi connectivity index (χ0n) is 14.4. The van der Waals surface area contributed by atoms with Gasteiger partial charge < -0.3 is 9.47 Å². The lowest BCUT2D eigenvalue weighted by Crippen LogP contribution is -2.29. The predicted molar refractivity (Wildman–Crippen MR) is 95.8 cm³/mol. The zero-order chi connectivity index (χ0) is 15.9. The van der Waals surface area contributed by atoms with Crippen molar-refractivity contribution in [1.29, 1.82) is 0 Å². The molecular formula is C19H30O2S. The second-order valence-corrected chi connectivity index (χ2v) is 7.99. The predicted octanol–water partition coefficient (Wildman–Crippen LogP) is 5.47. The van der Waals surface area contributed by atoms with E-state index < -0.39 is 0 Å². The van der Waals surface area contributed by atoms with Crippen LogP contribution in [0, 0.1) is 5.92 Å². The first-order valence-corrected chi connectivity index (χ1v) is 9.64. The summed E-state index contributed by atoms with van der Waals surface area (Å²) in [5.74, 6) is 3.13. The number of ether oxygens (including phenoxy) is 2. The number of rotatable bonds is 8. The standard InChI is InChI=1S/C19H30O2S/c1-5-15(4)16-8-10-17(11-9-16)21-19(14(2)3)20-13-18-7-6-12-22-18/h8-11,14-15,18-19H,5-7,12-13H2,1-4H3. The summed E-state index contributed by atoms with van der Waals surface area (Å²) in [6.07, 6.45) is 3.61. The Morgan fingerprint density at radius 1 is 1.18 bits per heavy atom. The van der Waals surface area contributed by atoms with Crippen molar-refractivity contribution >= 4 is 11.8 Å². The van der Waals surface area contributed by atoms with Gasteiger partial charge in [-0.3, -0.25) is 0 Å². The third kappa shape index (κ3) is 5.20. The van der Waals surface area contributed by atoms with Crippen LogP contribution in [0.4, 0.5) is 0 Å². The quantitative estimate of drug-likeness (QED) is 0.591. The second-order valence-electron chi connectivity index (χ2n) is 6.58. The van der Waals surface area contributed by atoms with Crippen LogP contribution in [0.1, 0.15) is 58.4 Å². The summed E-state index contributed by atoms with van der Waals surface area (Å²) in [6, 6.07) is 8.50. The highest BCUT2D eigenvalue weighted by molar-refractivity contribution is 8.00. The molecule has 1 aromatic carbocycles. The first-order chi connectivity index (χ1) is 10.6. The average Bonchev–Trinajstić information content (AvgIpc) is 3.04. The molecule has 0 radical (unpaired) electrons. The molecule has 2 nitrogen and oxygen atoms in total. The Bertz CT molecular complexity index is 424. The summed E-state index contributed by atoms with van der Waals surface area (Å²) >= 11 is 2.03. The summed E-state index contributed by atoms with van der Waals surface area (Å²) in [5.41, 5.74) is 1.37. The van der Waals surface area contributed by atoms with Crippen molar-refractivity contribution < 1.29 is 9.47 Å². The van der Waals surface area contributed by atoms with E-state index >= 15 is 0 Å². The van der Waals surface area contributed by atoms with Crippen LogP contribution in [0.5, 0.6) is 5.75 Å². The molecular weight excluding hydrogens is 292 g/mol. The maximum Gasteiger partial charge on any atom is 0.202 e. The minimum Gasteiger partial charge on any atom is -0.465 e. The van der Waals surface area contributed by atoms with Gasteiger partial charge in [0.15, 0.2) is 0 Å². The molecule has 0 N–H and O–H groups in total. The first kappa shape index (κ1) is 17.7. The van der Waals surface area contributed by atoms with Crippen molar-refractivity contribution in [2.24, 2.45) is 5.92 Å². The van der Waals surface area contributed by atoms with E-state index in [1.807, 2.05) is 11.8 Å². The van der Waals surface area contributed by atoms with Gasteiger partial charge in [-0.15, -0.1) is 0 Å². The fourth-order valence-corrected chi connectivity index (χ4v) is 3.76. The van der Waals surface area contributed by atoms with E-state index in [1.54, 1.807) is 0 Å². The number of thioether (sulfide) groups is 1. The molecule has 3 unspecified atom stereocenters. The number of hydrogen-bond acceptors (Lipinski definition) is 3. The minimum absolute atomic E-state index is 0.157. The summed E-state index contributed by atoms with van der Waals surface area (Å²) < 4.78 is 12.1. The summed E-state index contributed by atoms with van der Waals surface area (Å²) in [4.78, 5) is 0. The maximum absolute atomic E-state index is 6.07. The van der Waals surface area contributed by atoms with Crippen LogP contribution in [0.2, 0.25) is 0 Å². The van der Waals surface area contributed by atoms with E-state index in [0.29, 0.717) is 17.1 Å². The highest BCUT2D eigenvalue weighted by atomic mass is 32.2. The molecule has 0 saturated carbocycles. The molecule has 1 aromatic rings. The van der Waals surface area contributed by atoms with Crippen molar-refractivity contribution in [3.8, 4) is 5.75 Å². The van der Waals surface area contributed by atoms with Gasteiger partial charge in [-0.05, 0) is 48.6 Å². The van der Waals surface area contributed by atoms with Crippen molar-refractivity contribution in [2.45, 2.75) is 64.4 Å². The molecule has 2 rings (SSSR count). The van der Waals surface area contributed by atoms with Gasteiger partial charge >= 0.3 is 0 Å². The molecule has 124 valence electrons. The Balaban J connectivity index is 1.89. The smallest absolute Gasteiger partial charge is 0.202 e. The Labute approximate surface area is 140 Å². The van der Waals surface area contributed by atoms with Crippen LogP contribution < -0.4 is 4.74 Å². The van der Waals surface area contributed by atoms with Gasteiger partial charge in [0.1, 0.15) is 5.75 Å². The molecule has 1 saturated heterocycles. The van der Waals surface area contributed by atoms with E-state index in [9.17, 15) is 0 Å². The van der Waals surface area contributed by atoms with E-state index in [0.717, 1.165) is 18.8 Å². The Morgan fingerprint density at radius 2 is 1.91 bits per heavy atom. The molecule has 0 spiro atoms. The third-order valence-electron chi connectivity index (χ3n) is 4.33. The van der Waals surface area contributed by atoms with Crippen molar-refractivity contribution in [3.05, 3.63) is 29.8 Å². The molecule has 22 heavy (non-hydrogen) atoms. The van der Waals surface area contributed by atoms with Crippen LogP contribution in [0.3, 0.4) is 0 Å². The van der Waals surface area contributed by atoms with E-state index in [-0.39, 0.29) is 6.29 Å². The molecule has 0 bridgehead atoms. The van der Waals surface area contributed by atoms with Gasteiger partial charge in [-0.1, -0.05) is 39.8 Å². The lowest BCUT2D eigenvalue weighted by atomic mass is 9.99. The molecule has 1 fully saturated rings. The van der Waals surface area contributed by atoms with Gasteiger partial charge in [0.25, 0.3) is 0 Å². The maximum atomic E-state index is 6.07. The highest BCUT2D eigenvalue weighted by Gasteiger charge is 2.21. The molecule has 3 atom stereocenters. The minimum atomic E-state index is -0.157. The van der Waals surface area contributed by atoms with Gasteiger partial charge in [0, 0.05) is 11.2 Å². The van der Waals surface area contributed by atoms with Crippen LogP contribution in [0.15, 0.2) is 24.3 Å². The largest absolute Gasteiger partial charge is 0.465 e. The highest BCUT2D eigenvalue weighted by Crippen LogP contribution is 2.28. The molecule has 0 aromatic heterocycles. The first-order valence-electron chi connectivity index (χ1n) is 8.60. The Hall–Kier alpha value is -0.670. The van der Waals surface area contributed by atoms with Crippen molar-refractivity contribution in [3.63, 3.8) is 0 Å².